The number of aliphatic hydroxyl groups is 1. The molecule has 3 amide bonds. The number of rotatable bonds is 12. The van der Waals surface area contributed by atoms with Crippen molar-refractivity contribution in [3.05, 3.63) is 29.2 Å². The summed E-state index contributed by atoms with van der Waals surface area (Å²) in [7, 11) is 3.36. The molecule has 208 valence electrons. The third kappa shape index (κ3) is 6.34. The van der Waals surface area contributed by atoms with E-state index in [9.17, 15) is 29.4 Å². The van der Waals surface area contributed by atoms with Crippen molar-refractivity contribution in [2.24, 2.45) is 10.9 Å². The fraction of sp³-hybridized carbons (Fsp3) is 0.429. The molecular weight excluding hydrogens is 554 g/mol. The number of hydrogen-bond acceptors (Lipinski definition) is 14. The Kier molecular flexibility index (Phi) is 9.24. The first kappa shape index (κ1) is 29.5. The third-order valence-electron chi connectivity index (χ3n) is 5.87. The summed E-state index contributed by atoms with van der Waals surface area (Å²) in [5.41, 5.74) is 10.4. The molecule has 0 saturated carbocycles. The quantitative estimate of drug-likeness (QED) is 0.0613. The van der Waals surface area contributed by atoms with Crippen LogP contribution in [0.3, 0.4) is 0 Å². The Bertz CT molecular complexity index is 1300. The van der Waals surface area contributed by atoms with E-state index in [1.807, 2.05) is 0 Å². The number of aliphatic carboxylic acids is 1. The number of β-lactam (4-membered cyclic amide) rings is 1. The molecule has 0 bridgehead atoms. The number of carboxylic acids is 1. The van der Waals surface area contributed by atoms with Crippen molar-refractivity contribution in [2.45, 2.75) is 17.5 Å². The zero-order valence-electron chi connectivity index (χ0n) is 20.8. The van der Waals surface area contributed by atoms with Crippen LogP contribution in [-0.4, -0.2) is 110 Å². The minimum atomic E-state index is -1.58. The lowest BCUT2D eigenvalue weighted by Crippen LogP contribution is -2.71. The van der Waals surface area contributed by atoms with Gasteiger partial charge in [-0.2, -0.15) is 14.6 Å². The zero-order chi connectivity index (χ0) is 28.9. The van der Waals surface area contributed by atoms with Gasteiger partial charge in [0.15, 0.2) is 11.2 Å². The van der Waals surface area contributed by atoms with Gasteiger partial charge in [-0.05, 0) is 11.6 Å². The number of hydrogen-bond donors (Lipinski definition) is 4. The maximum atomic E-state index is 13.0. The number of aromatic nitrogens is 2. The molecule has 3 atom stereocenters. The van der Waals surface area contributed by atoms with E-state index in [1.165, 1.54) is 17.8 Å². The number of nitriles is 1. The molecule has 1 fully saturated rings. The topological polar surface area (TPSA) is 250 Å². The van der Waals surface area contributed by atoms with Gasteiger partial charge in [-0.25, -0.2) is 0 Å². The number of carboxylic acid groups (broad SMARTS) is 1. The number of fused-ring (bicyclic) bond motifs is 1. The maximum absolute atomic E-state index is 13.0. The van der Waals surface area contributed by atoms with Crippen LogP contribution in [0.4, 0.5) is 5.13 Å². The van der Waals surface area contributed by atoms with Gasteiger partial charge in [-0.15, -0.1) is 11.8 Å². The lowest BCUT2D eigenvalue weighted by Gasteiger charge is -2.50. The SMILES string of the molecule is C[N+](C)(C/C=C/C1=C(C(=O)[O-])N2C(=O)[C@@H](NC(=O)/C(=N\OCC#N)c3nsc(N)n3)[C@@H]2SC1)[C@@H](CO)C(N)=O. The van der Waals surface area contributed by atoms with E-state index >= 15 is 0 Å². The molecule has 0 aromatic carbocycles. The van der Waals surface area contributed by atoms with Gasteiger partial charge in [-0.3, -0.25) is 19.3 Å². The Hall–Kier alpha value is -4.05. The molecule has 3 heterocycles. The van der Waals surface area contributed by atoms with Crippen molar-refractivity contribution < 1.29 is 38.7 Å². The van der Waals surface area contributed by atoms with Gasteiger partial charge in [0.1, 0.15) is 24.1 Å². The maximum Gasteiger partial charge on any atom is 0.278 e. The highest BCUT2D eigenvalue weighted by Crippen LogP contribution is 2.40. The van der Waals surface area contributed by atoms with Crippen LogP contribution in [0, 0.1) is 11.3 Å². The molecule has 3 rings (SSSR count). The molecule has 0 aliphatic carbocycles. The molecule has 1 aromatic heterocycles. The predicted octanol–water partition coefficient (Wildman–Crippen LogP) is -3.75. The number of nitrogens with one attached hydrogen (secondary N) is 1. The van der Waals surface area contributed by atoms with Gasteiger partial charge in [0, 0.05) is 17.3 Å². The summed E-state index contributed by atoms with van der Waals surface area (Å²) in [6, 6.07) is -0.282. The van der Waals surface area contributed by atoms with Crippen LogP contribution in [0.5, 0.6) is 0 Å². The van der Waals surface area contributed by atoms with Gasteiger partial charge in [0.25, 0.3) is 17.7 Å². The number of nitrogens with two attached hydrogens (primary N) is 2. The molecule has 2 aliphatic heterocycles. The second kappa shape index (κ2) is 12.2. The monoisotopic (exact) mass is 579 g/mol. The highest BCUT2D eigenvalue weighted by molar-refractivity contribution is 8.00. The summed E-state index contributed by atoms with van der Waals surface area (Å²) in [6.45, 7) is -0.691. The first-order chi connectivity index (χ1) is 18.4. The van der Waals surface area contributed by atoms with Crippen LogP contribution in [0.25, 0.3) is 0 Å². The Balaban J connectivity index is 1.77. The average Bonchev–Trinajstić information content (AvgIpc) is 3.29. The van der Waals surface area contributed by atoms with E-state index in [-0.39, 0.29) is 33.4 Å². The van der Waals surface area contributed by atoms with E-state index < -0.39 is 60.1 Å². The van der Waals surface area contributed by atoms with E-state index in [4.69, 9.17) is 21.6 Å². The number of allylic oxidation sites excluding steroid dienone is 1. The van der Waals surface area contributed by atoms with Crippen LogP contribution in [0.15, 0.2) is 28.6 Å². The van der Waals surface area contributed by atoms with E-state index in [0.717, 1.165) is 16.4 Å². The van der Waals surface area contributed by atoms with Crippen LogP contribution < -0.4 is 21.9 Å². The predicted molar refractivity (Wildman–Crippen MR) is 136 cm³/mol. The molecule has 0 unspecified atom stereocenters. The summed E-state index contributed by atoms with van der Waals surface area (Å²) in [6.07, 6.45) is 3.13. The summed E-state index contributed by atoms with van der Waals surface area (Å²) in [5, 5.41) is 35.5. The number of amides is 3. The number of carbonyl (C=O) groups is 4. The van der Waals surface area contributed by atoms with Crippen molar-refractivity contribution >= 4 is 57.8 Å². The molecule has 1 aromatic rings. The van der Waals surface area contributed by atoms with Crippen LogP contribution >= 0.6 is 23.3 Å². The second-order valence-electron chi connectivity index (χ2n) is 8.81. The van der Waals surface area contributed by atoms with E-state index in [2.05, 4.69) is 19.8 Å². The lowest BCUT2D eigenvalue weighted by molar-refractivity contribution is -0.900. The minimum absolute atomic E-state index is 0.0181. The molecule has 0 radical (unpaired) electrons. The van der Waals surface area contributed by atoms with Crippen LogP contribution in [-0.2, 0) is 24.0 Å². The van der Waals surface area contributed by atoms with Gasteiger partial charge < -0.3 is 41.1 Å². The average molecular weight is 580 g/mol. The highest BCUT2D eigenvalue weighted by atomic mass is 32.2. The van der Waals surface area contributed by atoms with Crippen molar-refractivity contribution in [1.29, 1.82) is 5.26 Å². The summed E-state index contributed by atoms with van der Waals surface area (Å²) < 4.78 is 3.91. The van der Waals surface area contributed by atoms with Crippen LogP contribution in [0.1, 0.15) is 5.82 Å². The van der Waals surface area contributed by atoms with Crippen molar-refractivity contribution in [2.75, 3.05) is 45.3 Å². The molecule has 1 saturated heterocycles. The van der Waals surface area contributed by atoms with Gasteiger partial charge in [-0.1, -0.05) is 11.2 Å². The number of quaternary nitrogens is 1. The van der Waals surface area contributed by atoms with Gasteiger partial charge in [0.2, 0.25) is 18.1 Å². The molecule has 16 nitrogen and oxygen atoms in total. The smallest absolute Gasteiger partial charge is 0.278 e. The molecular formula is C21H25N9O7S2. The number of aliphatic hydroxyl groups excluding tert-OH is 1. The van der Waals surface area contributed by atoms with Gasteiger partial charge >= 0.3 is 0 Å². The van der Waals surface area contributed by atoms with Gasteiger partial charge in [0.05, 0.1) is 32.3 Å². The number of anilines is 1. The Labute approximate surface area is 230 Å². The fourth-order valence-corrected chi connectivity index (χ4v) is 5.61. The summed E-state index contributed by atoms with van der Waals surface area (Å²) >= 11 is 2.01. The standard InChI is InChI=1S/C21H25N9O7S2/c1-30(2,11(8-31)15(23)32)6-3-4-10-9-38-19-13(18(34)29(19)14(10)20(35)36)25-17(33)12(27-37-7-5-22)16-26-21(24)39-28-16/h3-4,11,13,19,31H,6-9H2,1-2H3,(H5-,23,24,25,26,28,32,33,35,36)/b4-3+,27-12-/t11-,13+,19-/m0/s1. The summed E-state index contributed by atoms with van der Waals surface area (Å²) in [5.74, 6) is -3.84. The van der Waals surface area contributed by atoms with Crippen molar-refractivity contribution in [1.82, 2.24) is 19.6 Å². The highest BCUT2D eigenvalue weighted by Gasteiger charge is 2.53. The number of primary amides is 1. The molecule has 39 heavy (non-hydrogen) atoms. The van der Waals surface area contributed by atoms with Crippen molar-refractivity contribution in [3.8, 4) is 6.07 Å². The van der Waals surface area contributed by atoms with Crippen molar-refractivity contribution in [3.63, 3.8) is 0 Å². The second-order valence-corrected chi connectivity index (χ2v) is 10.7. The summed E-state index contributed by atoms with van der Waals surface area (Å²) in [4.78, 5) is 59.1. The third-order valence-corrected chi connectivity index (χ3v) is 7.72. The Morgan fingerprint density at radius 3 is 2.74 bits per heavy atom. The van der Waals surface area contributed by atoms with E-state index in [0.29, 0.717) is 5.57 Å². The first-order valence-electron chi connectivity index (χ1n) is 11.2. The molecule has 0 spiro atoms. The number of thioether (sulfide) groups is 1. The van der Waals surface area contributed by atoms with E-state index in [1.54, 1.807) is 26.2 Å². The normalized spacial score (nSPS) is 20.2. The molecule has 18 heteroatoms. The largest absolute Gasteiger partial charge is 0.543 e. The number of carbonyl (C=O) groups excluding carboxylic acids is 4. The number of likely N-dealkylation sites (N-methyl/N-ethyl adjacent to an activating group) is 1. The fourth-order valence-electron chi connectivity index (χ4n) is 3.86. The Morgan fingerprint density at radius 2 is 2.18 bits per heavy atom. The molecule has 6 N–H and O–H groups in total. The molecule has 2 aliphatic rings. The Morgan fingerprint density at radius 1 is 1.46 bits per heavy atom. The minimum Gasteiger partial charge on any atom is -0.543 e. The lowest BCUT2D eigenvalue weighted by atomic mass is 10.0. The van der Waals surface area contributed by atoms with Crippen LogP contribution in [0.2, 0.25) is 0 Å². The zero-order valence-corrected chi connectivity index (χ0v) is 22.4. The number of nitrogen functional groups attached to an aromatic ring is 1. The number of oxime groups is 1. The number of nitrogens with zero attached hydrogens (tertiary/aromatic N) is 6. The first-order valence-corrected chi connectivity index (χ1v) is 13.0.